The third-order valence-electron chi connectivity index (χ3n) is 15.1. The number of nitrogens with zero attached hydrogens (tertiary/aromatic N) is 6. The molecule has 0 spiro atoms. The van der Waals surface area contributed by atoms with Crippen LogP contribution in [0.15, 0.2) is 103 Å². The van der Waals surface area contributed by atoms with E-state index in [1.54, 1.807) is 56.3 Å². The standard InChI is InChI=1S/C57H68Cl2N8O7/c1-37-49(34-65-26-10-11-27-65)60-36-67(37)45-22-24-47(25-23-45)74-52-31-44(59)21-18-41(52)33-66-38(2)55(71)62-50(35-68)57(73)63(3)46(29-40-16-19-43(58)20-17-40)32-53(69)61-48-14-8-9-15-51(48)64(4)56(72)42(30-54(66)70)28-39-12-6-5-7-13-39/h5-7,12-13,16-25,31,36,38,42,46,48,50-51,68H,8-11,14-15,26-30,32-35H2,1-4H3,(H,61,69)(H,62,71)/t38-,42+,46-,48-,50-,51-/m0/s1. The number of ether oxygens (including phenoxy) is 1. The molecule has 6 atom stereocenters. The number of amides is 5. The first-order valence-electron chi connectivity index (χ1n) is 25.8. The van der Waals surface area contributed by atoms with Crippen LogP contribution in [0.5, 0.6) is 11.5 Å². The van der Waals surface area contributed by atoms with Crippen molar-refractivity contribution in [2.24, 2.45) is 5.92 Å². The maximum absolute atomic E-state index is 15.2. The summed E-state index contributed by atoms with van der Waals surface area (Å²) < 4.78 is 8.58. The smallest absolute Gasteiger partial charge is 0.247 e. The molecule has 1 saturated carbocycles. The summed E-state index contributed by atoms with van der Waals surface area (Å²) in [5, 5.41) is 17.6. The highest BCUT2D eigenvalue weighted by molar-refractivity contribution is 6.31. The Hall–Kier alpha value is -6.26. The Morgan fingerprint density at radius 1 is 0.743 bits per heavy atom. The van der Waals surface area contributed by atoms with Crippen LogP contribution in [0.4, 0.5) is 0 Å². The van der Waals surface area contributed by atoms with Crippen LogP contribution in [0.3, 0.4) is 0 Å². The molecule has 5 amide bonds. The number of carbonyl (C=O) groups is 5. The molecule has 2 aliphatic heterocycles. The van der Waals surface area contributed by atoms with Crippen LogP contribution >= 0.6 is 23.2 Å². The lowest BCUT2D eigenvalue weighted by atomic mass is 9.87. The van der Waals surface area contributed by atoms with E-state index in [0.717, 1.165) is 60.7 Å². The summed E-state index contributed by atoms with van der Waals surface area (Å²) in [6, 6.07) is 25.1. The van der Waals surface area contributed by atoms with Gasteiger partial charge in [-0.2, -0.15) is 0 Å². The molecule has 5 aromatic rings. The van der Waals surface area contributed by atoms with E-state index in [1.165, 1.54) is 22.6 Å². The van der Waals surface area contributed by atoms with Crippen LogP contribution in [0.1, 0.15) is 86.4 Å². The number of halogens is 2. The lowest BCUT2D eigenvalue weighted by Crippen LogP contribution is -2.58. The average Bonchev–Trinajstić information content (AvgIpc) is 4.06. The van der Waals surface area contributed by atoms with Gasteiger partial charge in [0.05, 0.1) is 37.1 Å². The number of likely N-dealkylation sites (tertiary alicyclic amines) is 1. The van der Waals surface area contributed by atoms with Gasteiger partial charge in [0.15, 0.2) is 0 Å². The second kappa shape index (κ2) is 24.8. The van der Waals surface area contributed by atoms with E-state index in [0.29, 0.717) is 39.9 Å². The van der Waals surface area contributed by atoms with Crippen molar-refractivity contribution < 1.29 is 33.8 Å². The molecule has 3 fully saturated rings. The third-order valence-corrected chi connectivity index (χ3v) is 15.6. The number of hydrogen-bond donors (Lipinski definition) is 3. The van der Waals surface area contributed by atoms with Gasteiger partial charge in [0.1, 0.15) is 23.6 Å². The summed E-state index contributed by atoms with van der Waals surface area (Å²) in [4.78, 5) is 84.9. The SMILES string of the molecule is Cc1c(CN2CCCC2)ncn1-c1ccc(Oc2cc(Cl)ccc2CN2C(=O)C[C@@H](Cc3ccccc3)C(=O)N(C)[C@H]3CCCC[C@@H]3NC(=O)C[C@H](Cc3ccc(Cl)cc3)N(C)C(=O)[C@H](CO)NC(=O)[C@@H]2C)cc1. The zero-order chi connectivity index (χ0) is 52.5. The van der Waals surface area contributed by atoms with Gasteiger partial charge >= 0.3 is 0 Å². The normalized spacial score (nSPS) is 23.0. The number of imidazole rings is 1. The second-order valence-electron chi connectivity index (χ2n) is 20.1. The predicted molar refractivity (Wildman–Crippen MR) is 285 cm³/mol. The first-order valence-corrected chi connectivity index (χ1v) is 26.5. The molecule has 0 radical (unpaired) electrons. The minimum absolute atomic E-state index is 0.0904. The fraction of sp³-hybridized carbons (Fsp3) is 0.439. The molecule has 392 valence electrons. The fourth-order valence-electron chi connectivity index (χ4n) is 10.6. The van der Waals surface area contributed by atoms with Crippen LogP contribution in [0.25, 0.3) is 5.69 Å². The number of carbonyl (C=O) groups excluding carboxylic acids is 5. The molecule has 74 heavy (non-hydrogen) atoms. The number of likely N-dealkylation sites (N-methyl/N-ethyl adjacent to an activating group) is 2. The van der Waals surface area contributed by atoms with E-state index in [4.69, 9.17) is 32.9 Å². The van der Waals surface area contributed by atoms with Crippen molar-refractivity contribution in [3.05, 3.63) is 142 Å². The number of fused-ring (bicyclic) bond motifs is 1. The molecular weight excluding hydrogens is 980 g/mol. The fourth-order valence-corrected chi connectivity index (χ4v) is 10.9. The molecule has 8 rings (SSSR count). The minimum Gasteiger partial charge on any atom is -0.457 e. The molecule has 0 unspecified atom stereocenters. The number of benzene rings is 4. The molecule has 3 heterocycles. The molecule has 4 aromatic carbocycles. The molecule has 1 aliphatic carbocycles. The van der Waals surface area contributed by atoms with E-state index in [2.05, 4.69) is 27.0 Å². The molecule has 2 saturated heterocycles. The lowest BCUT2D eigenvalue weighted by Gasteiger charge is -2.40. The van der Waals surface area contributed by atoms with Crippen LogP contribution < -0.4 is 15.4 Å². The van der Waals surface area contributed by atoms with Crippen LogP contribution in [-0.2, 0) is 49.9 Å². The number of hydrogen-bond acceptors (Lipinski definition) is 9. The maximum Gasteiger partial charge on any atom is 0.247 e. The van der Waals surface area contributed by atoms with E-state index in [1.807, 2.05) is 73.1 Å². The van der Waals surface area contributed by atoms with Crippen molar-refractivity contribution in [2.45, 2.75) is 121 Å². The monoisotopic (exact) mass is 1050 g/mol. The van der Waals surface area contributed by atoms with E-state index in [9.17, 15) is 19.5 Å². The Morgan fingerprint density at radius 3 is 2.15 bits per heavy atom. The van der Waals surface area contributed by atoms with Gasteiger partial charge in [-0.15, -0.1) is 0 Å². The van der Waals surface area contributed by atoms with Gasteiger partial charge in [0.2, 0.25) is 29.5 Å². The summed E-state index contributed by atoms with van der Waals surface area (Å²) >= 11 is 12.8. The topological polar surface area (TPSA) is 170 Å². The first-order chi connectivity index (χ1) is 35.6. The minimum atomic E-state index is -1.43. The van der Waals surface area contributed by atoms with Gasteiger partial charge in [-0.3, -0.25) is 28.9 Å². The summed E-state index contributed by atoms with van der Waals surface area (Å²) in [5.74, 6) is -2.41. The Labute approximate surface area is 444 Å². The molecule has 0 bridgehead atoms. The third kappa shape index (κ3) is 13.3. The zero-order valence-corrected chi connectivity index (χ0v) is 44.2. The van der Waals surface area contributed by atoms with Crippen molar-refractivity contribution in [1.82, 2.24) is 39.8 Å². The van der Waals surface area contributed by atoms with Crippen LogP contribution in [0, 0.1) is 12.8 Å². The maximum atomic E-state index is 15.2. The Bertz CT molecular complexity index is 2750. The first kappa shape index (κ1) is 54.0. The summed E-state index contributed by atoms with van der Waals surface area (Å²) in [6.07, 6.45) is 7.35. The lowest BCUT2D eigenvalue weighted by molar-refractivity contribution is -0.147. The number of aliphatic hydroxyl groups is 1. The van der Waals surface area contributed by atoms with Gasteiger partial charge < -0.3 is 39.7 Å². The van der Waals surface area contributed by atoms with Gasteiger partial charge in [-0.05, 0) is 125 Å². The highest BCUT2D eigenvalue weighted by Gasteiger charge is 2.39. The second-order valence-corrected chi connectivity index (χ2v) is 21.0. The molecule has 3 aliphatic rings. The van der Waals surface area contributed by atoms with Crippen molar-refractivity contribution >= 4 is 52.7 Å². The Kier molecular flexibility index (Phi) is 18.1. The summed E-state index contributed by atoms with van der Waals surface area (Å²) in [5.41, 5.74) is 5.20. The Balaban J connectivity index is 1.12. The average molecular weight is 1050 g/mol. The number of aromatic nitrogens is 2. The van der Waals surface area contributed by atoms with Crippen molar-refractivity contribution in [2.75, 3.05) is 33.8 Å². The number of rotatable bonds is 12. The van der Waals surface area contributed by atoms with Crippen molar-refractivity contribution in [3.63, 3.8) is 0 Å². The molecule has 1 aromatic heterocycles. The molecule has 3 N–H and O–H groups in total. The summed E-state index contributed by atoms with van der Waals surface area (Å²) in [7, 11) is 3.29. The van der Waals surface area contributed by atoms with Crippen molar-refractivity contribution in [3.8, 4) is 17.2 Å². The Morgan fingerprint density at radius 2 is 1.43 bits per heavy atom. The van der Waals surface area contributed by atoms with Crippen LogP contribution in [0.2, 0.25) is 10.0 Å². The van der Waals surface area contributed by atoms with E-state index < -0.39 is 48.4 Å². The largest absolute Gasteiger partial charge is 0.457 e. The highest BCUT2D eigenvalue weighted by Crippen LogP contribution is 2.33. The number of aliphatic hydroxyl groups excluding tert-OH is 1. The predicted octanol–water partition coefficient (Wildman–Crippen LogP) is 7.68. The van der Waals surface area contributed by atoms with Gasteiger partial charge in [-0.1, -0.05) is 84.6 Å². The summed E-state index contributed by atoms with van der Waals surface area (Å²) in [6.45, 7) is 5.68. The molecular formula is C57H68Cl2N8O7. The number of nitrogens with one attached hydrogen (secondary N) is 2. The highest BCUT2D eigenvalue weighted by atomic mass is 35.5. The van der Waals surface area contributed by atoms with Crippen molar-refractivity contribution in [1.29, 1.82) is 0 Å². The molecule has 17 heteroatoms. The molecule has 15 nitrogen and oxygen atoms in total. The van der Waals surface area contributed by atoms with Gasteiger partial charge in [-0.25, -0.2) is 4.98 Å². The quantitative estimate of drug-likeness (QED) is 0.114. The van der Waals surface area contributed by atoms with E-state index >= 15 is 9.59 Å². The van der Waals surface area contributed by atoms with Crippen LogP contribution in [-0.4, -0.2) is 128 Å². The van der Waals surface area contributed by atoms with Gasteiger partial charge in [0, 0.05) is 72.6 Å². The zero-order valence-electron chi connectivity index (χ0n) is 42.7. The van der Waals surface area contributed by atoms with E-state index in [-0.39, 0.29) is 56.1 Å². The van der Waals surface area contributed by atoms with Gasteiger partial charge in [0.25, 0.3) is 0 Å².